The topological polar surface area (TPSA) is 77.1 Å². The highest BCUT2D eigenvalue weighted by molar-refractivity contribution is 7.99. The van der Waals surface area contributed by atoms with Crippen LogP contribution in [0.4, 0.5) is 0 Å². The molecule has 6 nitrogen and oxygen atoms in total. The second-order valence-electron chi connectivity index (χ2n) is 7.61. The lowest BCUT2D eigenvalue weighted by molar-refractivity contribution is 0.102. The zero-order chi connectivity index (χ0) is 22.7. The number of nitrogens with zero attached hydrogens (tertiary/aromatic N) is 3. The van der Waals surface area contributed by atoms with Crippen LogP contribution in [0.1, 0.15) is 28.2 Å². The van der Waals surface area contributed by atoms with Crippen molar-refractivity contribution in [2.45, 2.75) is 32.0 Å². The molecule has 0 aliphatic carbocycles. The number of aryl methyl sites for hydroxylation is 1. The molecule has 0 radical (unpaired) electrons. The normalized spacial score (nSPS) is 11.2. The molecule has 0 saturated heterocycles. The molecule has 2 aromatic carbocycles. The molecule has 0 fully saturated rings. The molecule has 4 rings (SSSR count). The minimum absolute atomic E-state index is 0.0126. The summed E-state index contributed by atoms with van der Waals surface area (Å²) in [6, 6.07) is 19.1. The van der Waals surface area contributed by atoms with Crippen LogP contribution >= 0.6 is 11.8 Å². The van der Waals surface area contributed by atoms with Crippen molar-refractivity contribution in [3.05, 3.63) is 88.0 Å². The first kappa shape index (κ1) is 22.0. The molecular formula is C25H25N3O3S. The largest absolute Gasteiger partial charge is 0.396 e. The summed E-state index contributed by atoms with van der Waals surface area (Å²) in [6.45, 7) is 4.27. The summed E-state index contributed by atoms with van der Waals surface area (Å²) in [5.74, 6) is 0.157. The number of hydrogen-bond acceptors (Lipinski definition) is 5. The van der Waals surface area contributed by atoms with E-state index < -0.39 is 0 Å². The van der Waals surface area contributed by atoms with E-state index in [0.717, 1.165) is 17.1 Å². The van der Waals surface area contributed by atoms with Gasteiger partial charge in [0.1, 0.15) is 0 Å². The van der Waals surface area contributed by atoms with Gasteiger partial charge in [0.15, 0.2) is 10.9 Å². The number of fused-ring (bicyclic) bond motifs is 1. The van der Waals surface area contributed by atoms with Crippen molar-refractivity contribution in [3.63, 3.8) is 0 Å². The second-order valence-corrected chi connectivity index (χ2v) is 8.56. The Kier molecular flexibility index (Phi) is 6.58. The standard InChI is InChI=1S/C25H25N3O3S/c1-17-15-21(18(2)28(17)19-9-4-3-5-10-19)23(30)16-32-25-26-22-12-7-6-11-20(22)24(31)27(25)13-8-14-29/h3-7,9-12,15,29H,8,13-14,16H2,1-2H3. The number of Topliss-reactive ketones (excluding diaryl/α,β-unsaturated/α-hetero) is 1. The highest BCUT2D eigenvalue weighted by Gasteiger charge is 2.19. The lowest BCUT2D eigenvalue weighted by atomic mass is 10.2. The highest BCUT2D eigenvalue weighted by atomic mass is 32.2. The van der Waals surface area contributed by atoms with E-state index in [9.17, 15) is 14.7 Å². The van der Waals surface area contributed by atoms with E-state index in [2.05, 4.69) is 9.55 Å². The number of rotatable bonds is 8. The van der Waals surface area contributed by atoms with Gasteiger partial charge >= 0.3 is 0 Å². The molecule has 0 atom stereocenters. The Labute approximate surface area is 190 Å². The van der Waals surface area contributed by atoms with Crippen molar-refractivity contribution in [3.8, 4) is 5.69 Å². The Morgan fingerprint density at radius 2 is 1.78 bits per heavy atom. The second kappa shape index (κ2) is 9.54. The minimum atomic E-state index is -0.152. The van der Waals surface area contributed by atoms with Crippen LogP contribution in [0.2, 0.25) is 0 Å². The Hall–Kier alpha value is -3.16. The number of aliphatic hydroxyl groups is 1. The van der Waals surface area contributed by atoms with Gasteiger partial charge in [0.05, 0.1) is 16.7 Å². The molecular weight excluding hydrogens is 422 g/mol. The molecule has 0 unspecified atom stereocenters. The third-order valence-electron chi connectivity index (χ3n) is 5.44. The number of aliphatic hydroxyl groups excluding tert-OH is 1. The van der Waals surface area contributed by atoms with Gasteiger partial charge in [0.25, 0.3) is 5.56 Å². The molecule has 0 spiro atoms. The Bertz CT molecular complexity index is 1330. The van der Waals surface area contributed by atoms with Crippen molar-refractivity contribution < 1.29 is 9.90 Å². The maximum Gasteiger partial charge on any atom is 0.262 e. The Morgan fingerprint density at radius 3 is 2.53 bits per heavy atom. The summed E-state index contributed by atoms with van der Waals surface area (Å²) in [5, 5.41) is 10.3. The van der Waals surface area contributed by atoms with Crippen molar-refractivity contribution in [1.29, 1.82) is 0 Å². The summed E-state index contributed by atoms with van der Waals surface area (Å²) in [6.07, 6.45) is 0.444. The number of para-hydroxylation sites is 2. The molecule has 2 heterocycles. The van der Waals surface area contributed by atoms with Gasteiger partial charge < -0.3 is 9.67 Å². The number of benzene rings is 2. The van der Waals surface area contributed by atoms with Crippen LogP contribution in [0.25, 0.3) is 16.6 Å². The Morgan fingerprint density at radius 1 is 1.06 bits per heavy atom. The van der Waals surface area contributed by atoms with Gasteiger partial charge in [-0.3, -0.25) is 14.2 Å². The molecule has 2 aromatic heterocycles. The van der Waals surface area contributed by atoms with Gasteiger partial charge in [-0.05, 0) is 50.6 Å². The number of aromatic nitrogens is 3. The van der Waals surface area contributed by atoms with Crippen LogP contribution in [0.5, 0.6) is 0 Å². The maximum absolute atomic E-state index is 13.1. The number of hydrogen-bond donors (Lipinski definition) is 1. The van der Waals surface area contributed by atoms with E-state index in [1.807, 2.05) is 56.3 Å². The first-order chi connectivity index (χ1) is 15.5. The zero-order valence-electron chi connectivity index (χ0n) is 18.1. The molecule has 1 N–H and O–H groups in total. The Balaban J connectivity index is 1.63. The predicted molar refractivity (Wildman–Crippen MR) is 128 cm³/mol. The van der Waals surface area contributed by atoms with Gasteiger partial charge in [0.2, 0.25) is 0 Å². The van der Waals surface area contributed by atoms with E-state index in [0.29, 0.717) is 34.6 Å². The lowest BCUT2D eigenvalue weighted by Gasteiger charge is -2.12. The zero-order valence-corrected chi connectivity index (χ0v) is 18.9. The number of carbonyl (C=O) groups is 1. The van der Waals surface area contributed by atoms with Gasteiger partial charge in [-0.15, -0.1) is 0 Å². The third kappa shape index (κ3) is 4.26. The van der Waals surface area contributed by atoms with Crippen molar-refractivity contribution in [2.75, 3.05) is 12.4 Å². The summed E-state index contributed by atoms with van der Waals surface area (Å²) < 4.78 is 3.63. The quantitative estimate of drug-likeness (QED) is 0.249. The maximum atomic E-state index is 13.1. The SMILES string of the molecule is Cc1cc(C(=O)CSc2nc3ccccc3c(=O)n2CCCO)c(C)n1-c1ccccc1. The average Bonchev–Trinajstić information content (AvgIpc) is 3.11. The molecule has 0 bridgehead atoms. The van der Waals surface area contributed by atoms with E-state index in [1.165, 1.54) is 11.8 Å². The van der Waals surface area contributed by atoms with Crippen molar-refractivity contribution in [2.24, 2.45) is 0 Å². The van der Waals surface area contributed by atoms with Crippen LogP contribution in [-0.4, -0.2) is 37.4 Å². The van der Waals surface area contributed by atoms with Gasteiger partial charge in [-0.2, -0.15) is 0 Å². The molecule has 0 aliphatic heterocycles. The number of carbonyl (C=O) groups excluding carboxylic acids is 1. The van der Waals surface area contributed by atoms with Crippen LogP contribution in [-0.2, 0) is 6.54 Å². The average molecular weight is 448 g/mol. The minimum Gasteiger partial charge on any atom is -0.396 e. The van der Waals surface area contributed by atoms with Crippen LogP contribution in [0.3, 0.4) is 0 Å². The summed E-state index contributed by atoms with van der Waals surface area (Å²) in [7, 11) is 0. The van der Waals surface area contributed by atoms with E-state index >= 15 is 0 Å². The molecule has 0 amide bonds. The predicted octanol–water partition coefficient (Wildman–Crippen LogP) is 4.16. The van der Waals surface area contributed by atoms with Crippen LogP contribution in [0, 0.1) is 13.8 Å². The van der Waals surface area contributed by atoms with Gasteiger partial charge in [-0.25, -0.2) is 4.98 Å². The van der Waals surface area contributed by atoms with E-state index in [1.54, 1.807) is 22.8 Å². The summed E-state index contributed by atoms with van der Waals surface area (Å²) in [5.41, 5.74) is 4.03. The van der Waals surface area contributed by atoms with Crippen molar-refractivity contribution >= 4 is 28.4 Å². The van der Waals surface area contributed by atoms with Crippen molar-refractivity contribution in [1.82, 2.24) is 14.1 Å². The molecule has 0 aliphatic rings. The smallest absolute Gasteiger partial charge is 0.262 e. The molecule has 0 saturated carbocycles. The third-order valence-corrected chi connectivity index (χ3v) is 6.42. The van der Waals surface area contributed by atoms with Crippen LogP contribution in [0.15, 0.2) is 70.6 Å². The summed E-state index contributed by atoms with van der Waals surface area (Å²) >= 11 is 1.26. The first-order valence-electron chi connectivity index (χ1n) is 10.5. The van der Waals surface area contributed by atoms with E-state index in [4.69, 9.17) is 0 Å². The first-order valence-corrected chi connectivity index (χ1v) is 11.5. The fourth-order valence-corrected chi connectivity index (χ4v) is 4.82. The van der Waals surface area contributed by atoms with E-state index in [-0.39, 0.29) is 23.7 Å². The van der Waals surface area contributed by atoms with Crippen LogP contribution < -0.4 is 5.56 Å². The highest BCUT2D eigenvalue weighted by Crippen LogP contribution is 2.24. The van der Waals surface area contributed by atoms with Gasteiger partial charge in [0, 0.05) is 35.8 Å². The fourth-order valence-electron chi connectivity index (χ4n) is 3.91. The summed E-state index contributed by atoms with van der Waals surface area (Å²) in [4.78, 5) is 30.7. The molecule has 4 aromatic rings. The molecule has 164 valence electrons. The fraction of sp³-hybridized carbons (Fsp3) is 0.240. The molecule has 32 heavy (non-hydrogen) atoms. The molecule has 7 heteroatoms. The lowest BCUT2D eigenvalue weighted by Crippen LogP contribution is -2.24. The number of thioether (sulfide) groups is 1. The number of ketones is 1. The monoisotopic (exact) mass is 447 g/mol. The van der Waals surface area contributed by atoms with Gasteiger partial charge in [-0.1, -0.05) is 42.1 Å².